The van der Waals surface area contributed by atoms with Gasteiger partial charge < -0.3 is 10.6 Å². The molecule has 0 aliphatic heterocycles. The molecule has 3 aromatic rings. The monoisotopic (exact) mass is 378 g/mol. The van der Waals surface area contributed by atoms with Gasteiger partial charge in [-0.05, 0) is 48.9 Å². The van der Waals surface area contributed by atoms with E-state index in [2.05, 4.69) is 22.8 Å². The minimum atomic E-state index is -0.206. The lowest BCUT2D eigenvalue weighted by Crippen LogP contribution is -2.33. The van der Waals surface area contributed by atoms with E-state index >= 15 is 0 Å². The van der Waals surface area contributed by atoms with Gasteiger partial charge in [-0.25, -0.2) is 0 Å². The fraction of sp³-hybridized carbons (Fsp3) is 0.182. The standard InChI is InChI=1S/C22H22N2O2S/c1-16(13-14-17-8-3-2-4-9-17)23-21(25)18-10-5-6-11-19(18)24-22(26)20-12-7-15-27-20/h2-12,15-16H,13-14H2,1H3,(H,23,25)(H,24,26). The number of anilines is 1. The first kappa shape index (κ1) is 18.9. The maximum atomic E-state index is 12.7. The third kappa shape index (κ3) is 5.28. The number of amides is 2. The van der Waals surface area contributed by atoms with Crippen molar-refractivity contribution >= 4 is 28.8 Å². The van der Waals surface area contributed by atoms with E-state index in [4.69, 9.17) is 0 Å². The Morgan fingerprint density at radius 3 is 2.41 bits per heavy atom. The summed E-state index contributed by atoms with van der Waals surface area (Å²) in [5.74, 6) is -0.389. The number of para-hydroxylation sites is 1. The summed E-state index contributed by atoms with van der Waals surface area (Å²) in [5, 5.41) is 7.71. The largest absolute Gasteiger partial charge is 0.350 e. The highest BCUT2D eigenvalue weighted by molar-refractivity contribution is 7.12. The molecule has 2 aromatic carbocycles. The summed E-state index contributed by atoms with van der Waals surface area (Å²) in [7, 11) is 0. The zero-order valence-corrected chi connectivity index (χ0v) is 16.0. The molecule has 0 radical (unpaired) electrons. The zero-order chi connectivity index (χ0) is 19.1. The molecule has 0 saturated heterocycles. The van der Waals surface area contributed by atoms with Gasteiger partial charge in [0.2, 0.25) is 0 Å². The number of thiophene rings is 1. The Labute approximate surface area is 163 Å². The van der Waals surface area contributed by atoms with Crippen LogP contribution in [-0.2, 0) is 6.42 Å². The molecule has 1 atom stereocenters. The second-order valence-electron chi connectivity index (χ2n) is 6.38. The minimum absolute atomic E-state index is 0.0266. The second-order valence-corrected chi connectivity index (χ2v) is 7.32. The molecule has 0 saturated carbocycles. The van der Waals surface area contributed by atoms with Gasteiger partial charge in [-0.2, -0.15) is 0 Å². The van der Waals surface area contributed by atoms with Gasteiger partial charge in [0, 0.05) is 6.04 Å². The molecule has 5 heteroatoms. The van der Waals surface area contributed by atoms with Crippen LogP contribution < -0.4 is 10.6 Å². The maximum Gasteiger partial charge on any atom is 0.265 e. The predicted octanol–water partition coefficient (Wildman–Crippen LogP) is 4.75. The number of hydrogen-bond donors (Lipinski definition) is 2. The third-order valence-electron chi connectivity index (χ3n) is 4.25. The Morgan fingerprint density at radius 1 is 0.926 bits per heavy atom. The van der Waals surface area contributed by atoms with Crippen molar-refractivity contribution in [1.82, 2.24) is 5.32 Å². The molecule has 0 aliphatic rings. The summed E-state index contributed by atoms with van der Waals surface area (Å²) in [6.07, 6.45) is 1.75. The first-order valence-corrected chi connectivity index (χ1v) is 9.80. The molecule has 0 spiro atoms. The summed E-state index contributed by atoms with van der Waals surface area (Å²) >= 11 is 1.37. The highest BCUT2D eigenvalue weighted by Gasteiger charge is 2.16. The highest BCUT2D eigenvalue weighted by atomic mass is 32.1. The van der Waals surface area contributed by atoms with Crippen molar-refractivity contribution in [2.24, 2.45) is 0 Å². The van der Waals surface area contributed by atoms with Crippen LogP contribution in [0.1, 0.15) is 38.9 Å². The number of hydrogen-bond acceptors (Lipinski definition) is 3. The lowest BCUT2D eigenvalue weighted by molar-refractivity contribution is 0.0939. The molecule has 27 heavy (non-hydrogen) atoms. The molecule has 0 bridgehead atoms. The summed E-state index contributed by atoms with van der Waals surface area (Å²) in [5.41, 5.74) is 2.24. The van der Waals surface area contributed by atoms with Crippen molar-refractivity contribution in [2.45, 2.75) is 25.8 Å². The van der Waals surface area contributed by atoms with Crippen LogP contribution in [0.15, 0.2) is 72.1 Å². The van der Waals surface area contributed by atoms with Crippen molar-refractivity contribution in [2.75, 3.05) is 5.32 Å². The molecule has 4 nitrogen and oxygen atoms in total. The Balaban J connectivity index is 1.61. The second kappa shape index (κ2) is 9.14. The molecule has 1 heterocycles. The number of aryl methyl sites for hydroxylation is 1. The molecular weight excluding hydrogens is 356 g/mol. The van der Waals surface area contributed by atoms with E-state index in [1.165, 1.54) is 16.9 Å². The van der Waals surface area contributed by atoms with Gasteiger partial charge in [0.05, 0.1) is 16.1 Å². The van der Waals surface area contributed by atoms with Crippen LogP contribution in [-0.4, -0.2) is 17.9 Å². The molecule has 0 fully saturated rings. The number of carbonyl (C=O) groups is 2. The van der Waals surface area contributed by atoms with E-state index in [9.17, 15) is 9.59 Å². The van der Waals surface area contributed by atoms with Crippen molar-refractivity contribution in [1.29, 1.82) is 0 Å². The Hall–Kier alpha value is -2.92. The Bertz CT molecular complexity index is 892. The summed E-state index contributed by atoms with van der Waals surface area (Å²) in [6.45, 7) is 1.99. The first-order valence-electron chi connectivity index (χ1n) is 8.92. The molecule has 2 amide bonds. The Kier molecular flexibility index (Phi) is 6.39. The van der Waals surface area contributed by atoms with Crippen LogP contribution in [0.3, 0.4) is 0 Å². The third-order valence-corrected chi connectivity index (χ3v) is 5.12. The predicted molar refractivity (Wildman–Crippen MR) is 110 cm³/mol. The Morgan fingerprint density at radius 2 is 1.67 bits per heavy atom. The van der Waals surface area contributed by atoms with Gasteiger partial charge in [0.25, 0.3) is 11.8 Å². The highest BCUT2D eigenvalue weighted by Crippen LogP contribution is 2.18. The molecular formula is C22H22N2O2S. The lowest BCUT2D eigenvalue weighted by atomic mass is 10.1. The maximum absolute atomic E-state index is 12.7. The van der Waals surface area contributed by atoms with E-state index in [0.29, 0.717) is 16.1 Å². The van der Waals surface area contributed by atoms with E-state index < -0.39 is 0 Å². The van der Waals surface area contributed by atoms with Crippen LogP contribution in [0.4, 0.5) is 5.69 Å². The average molecular weight is 378 g/mol. The van der Waals surface area contributed by atoms with E-state index in [0.717, 1.165) is 12.8 Å². The summed E-state index contributed by atoms with van der Waals surface area (Å²) < 4.78 is 0. The van der Waals surface area contributed by atoms with Crippen LogP contribution in [0, 0.1) is 0 Å². The first-order chi connectivity index (χ1) is 13.1. The van der Waals surface area contributed by atoms with E-state index in [1.54, 1.807) is 30.3 Å². The van der Waals surface area contributed by atoms with Crippen molar-refractivity contribution in [3.05, 3.63) is 88.1 Å². The number of benzene rings is 2. The number of nitrogens with one attached hydrogen (secondary N) is 2. The summed E-state index contributed by atoms with van der Waals surface area (Å²) in [6, 6.07) is 20.9. The fourth-order valence-electron chi connectivity index (χ4n) is 2.78. The summed E-state index contributed by atoms with van der Waals surface area (Å²) in [4.78, 5) is 25.6. The van der Waals surface area contributed by atoms with Crippen molar-refractivity contribution in [3.8, 4) is 0 Å². The van der Waals surface area contributed by atoms with Gasteiger partial charge in [0.1, 0.15) is 0 Å². The normalized spacial score (nSPS) is 11.6. The number of rotatable bonds is 7. The van der Waals surface area contributed by atoms with Crippen LogP contribution in [0.2, 0.25) is 0 Å². The molecule has 1 unspecified atom stereocenters. The quantitative estimate of drug-likeness (QED) is 0.623. The lowest BCUT2D eigenvalue weighted by Gasteiger charge is -2.16. The minimum Gasteiger partial charge on any atom is -0.350 e. The molecule has 2 N–H and O–H groups in total. The van der Waals surface area contributed by atoms with Crippen molar-refractivity contribution in [3.63, 3.8) is 0 Å². The molecule has 0 aliphatic carbocycles. The van der Waals surface area contributed by atoms with Crippen LogP contribution in [0.5, 0.6) is 0 Å². The van der Waals surface area contributed by atoms with Gasteiger partial charge in [-0.1, -0.05) is 48.5 Å². The molecule has 1 aromatic heterocycles. The SMILES string of the molecule is CC(CCc1ccccc1)NC(=O)c1ccccc1NC(=O)c1cccs1. The van der Waals surface area contributed by atoms with Gasteiger partial charge >= 0.3 is 0 Å². The van der Waals surface area contributed by atoms with Gasteiger partial charge in [-0.15, -0.1) is 11.3 Å². The molecule has 138 valence electrons. The fourth-order valence-corrected chi connectivity index (χ4v) is 3.40. The van der Waals surface area contributed by atoms with Crippen molar-refractivity contribution < 1.29 is 9.59 Å². The smallest absolute Gasteiger partial charge is 0.265 e. The van der Waals surface area contributed by atoms with Crippen LogP contribution >= 0.6 is 11.3 Å². The average Bonchev–Trinajstić information content (AvgIpc) is 3.22. The van der Waals surface area contributed by atoms with Gasteiger partial charge in [0.15, 0.2) is 0 Å². The van der Waals surface area contributed by atoms with E-state index in [1.807, 2.05) is 36.6 Å². The zero-order valence-electron chi connectivity index (χ0n) is 15.1. The molecule has 3 rings (SSSR count). The topological polar surface area (TPSA) is 58.2 Å². The van der Waals surface area contributed by atoms with Crippen LogP contribution in [0.25, 0.3) is 0 Å². The van der Waals surface area contributed by atoms with E-state index in [-0.39, 0.29) is 17.9 Å². The van der Waals surface area contributed by atoms with Gasteiger partial charge in [-0.3, -0.25) is 9.59 Å². The number of carbonyl (C=O) groups excluding carboxylic acids is 2.